The molecule has 0 spiro atoms. The van der Waals surface area contributed by atoms with Crippen LogP contribution in [0.5, 0.6) is 0 Å². The predicted octanol–water partition coefficient (Wildman–Crippen LogP) is 6.00. The number of hydrogen-bond donors (Lipinski definition) is 0. The molecule has 1 rings (SSSR count). The first-order valence-electron chi connectivity index (χ1n) is 11.1. The van der Waals surface area contributed by atoms with Crippen LogP contribution in [0.4, 0.5) is 0 Å². The van der Waals surface area contributed by atoms with Crippen molar-refractivity contribution in [1.82, 2.24) is 0 Å². The fourth-order valence-electron chi connectivity index (χ4n) is 3.45. The lowest BCUT2D eigenvalue weighted by Gasteiger charge is -2.25. The van der Waals surface area contributed by atoms with Gasteiger partial charge in [-0.1, -0.05) is 56.6 Å². The van der Waals surface area contributed by atoms with Gasteiger partial charge >= 0.3 is 5.97 Å². The third-order valence-electron chi connectivity index (χ3n) is 4.99. The van der Waals surface area contributed by atoms with E-state index in [-0.39, 0.29) is 29.7 Å². The third kappa shape index (κ3) is 11.3. The van der Waals surface area contributed by atoms with Crippen LogP contribution >= 0.6 is 0 Å². The van der Waals surface area contributed by atoms with Crippen LogP contribution in [-0.2, 0) is 18.8 Å². The lowest BCUT2D eigenvalue weighted by atomic mass is 9.90. The maximum atomic E-state index is 12.3. The summed E-state index contributed by atoms with van der Waals surface area (Å²) in [5.41, 5.74) is 0. The topological polar surface area (TPSA) is 52.6 Å². The molecule has 0 radical (unpaired) electrons. The molecule has 0 aliphatic heterocycles. The van der Waals surface area contributed by atoms with Crippen LogP contribution in [0.1, 0.15) is 58.3 Å². The van der Waals surface area contributed by atoms with Crippen molar-refractivity contribution in [3.05, 3.63) is 36.5 Å². The number of ether oxygens (including phenoxy) is 1. The first-order chi connectivity index (χ1) is 13.8. The van der Waals surface area contributed by atoms with Gasteiger partial charge in [0, 0.05) is 18.3 Å². The van der Waals surface area contributed by atoms with Gasteiger partial charge in [0.15, 0.2) is 14.1 Å². The van der Waals surface area contributed by atoms with Gasteiger partial charge in [-0.25, -0.2) is 0 Å². The summed E-state index contributed by atoms with van der Waals surface area (Å²) < 4.78 is 11.0. The summed E-state index contributed by atoms with van der Waals surface area (Å²) in [6.45, 7) is 8.88. The number of methoxy groups -OCH3 is 1. The van der Waals surface area contributed by atoms with Gasteiger partial charge in [-0.15, -0.1) is 0 Å². The van der Waals surface area contributed by atoms with Gasteiger partial charge in [0.25, 0.3) is 0 Å². The second-order valence-corrected chi connectivity index (χ2v) is 13.2. The second kappa shape index (κ2) is 13.7. The molecule has 0 aromatic carbocycles. The highest BCUT2D eigenvalue weighted by atomic mass is 28.4. The summed E-state index contributed by atoms with van der Waals surface area (Å²) >= 11 is 0. The summed E-state index contributed by atoms with van der Waals surface area (Å²) in [5.74, 6) is 0.146. The molecule has 3 atom stereocenters. The molecule has 0 heterocycles. The Morgan fingerprint density at radius 2 is 1.97 bits per heavy atom. The Kier molecular flexibility index (Phi) is 12.1. The molecule has 0 aromatic heterocycles. The average molecular weight is 421 g/mol. The summed E-state index contributed by atoms with van der Waals surface area (Å²) in [4.78, 5) is 23.4. The molecule has 4 nitrogen and oxygen atoms in total. The van der Waals surface area contributed by atoms with Crippen molar-refractivity contribution in [2.45, 2.75) is 84.0 Å². The molecule has 0 saturated heterocycles. The molecule has 0 fully saturated rings. The molecule has 29 heavy (non-hydrogen) atoms. The Balaban J connectivity index is 2.58. The van der Waals surface area contributed by atoms with Gasteiger partial charge in [0.1, 0.15) is 0 Å². The maximum Gasteiger partial charge on any atom is 0.305 e. The Bertz CT molecular complexity index is 586. The smallest absolute Gasteiger partial charge is 0.305 e. The van der Waals surface area contributed by atoms with E-state index >= 15 is 0 Å². The van der Waals surface area contributed by atoms with Crippen molar-refractivity contribution in [2.75, 3.05) is 7.11 Å². The number of esters is 1. The van der Waals surface area contributed by atoms with E-state index in [0.717, 1.165) is 25.7 Å². The molecule has 0 bridgehead atoms. The van der Waals surface area contributed by atoms with Crippen LogP contribution in [0.3, 0.4) is 0 Å². The molecule has 0 amide bonds. The zero-order chi connectivity index (χ0) is 21.7. The van der Waals surface area contributed by atoms with Gasteiger partial charge < -0.3 is 9.16 Å². The van der Waals surface area contributed by atoms with Crippen LogP contribution in [0.15, 0.2) is 36.5 Å². The van der Waals surface area contributed by atoms with Crippen LogP contribution in [0, 0.1) is 11.8 Å². The predicted molar refractivity (Wildman–Crippen MR) is 122 cm³/mol. The summed E-state index contributed by atoms with van der Waals surface area (Å²) in [7, 11) is -0.203. The summed E-state index contributed by atoms with van der Waals surface area (Å²) in [6, 6.07) is 0. The number of ketones is 1. The molecule has 164 valence electrons. The Labute approximate surface area is 178 Å². The second-order valence-electron chi connectivity index (χ2n) is 8.77. The van der Waals surface area contributed by atoms with Crippen molar-refractivity contribution < 1.29 is 18.8 Å². The van der Waals surface area contributed by atoms with Crippen LogP contribution in [0.25, 0.3) is 0 Å². The minimum absolute atomic E-state index is 0.0220. The van der Waals surface area contributed by atoms with Crippen LogP contribution < -0.4 is 0 Å². The normalized spacial score (nSPS) is 20.8. The van der Waals surface area contributed by atoms with E-state index in [9.17, 15) is 9.59 Å². The zero-order valence-electron chi connectivity index (χ0n) is 19.0. The van der Waals surface area contributed by atoms with Crippen LogP contribution in [0.2, 0.25) is 19.6 Å². The molecule has 0 N–H and O–H groups in total. The first-order valence-corrected chi connectivity index (χ1v) is 14.5. The Hall–Kier alpha value is -1.46. The van der Waals surface area contributed by atoms with E-state index < -0.39 is 8.32 Å². The van der Waals surface area contributed by atoms with Gasteiger partial charge in [-0.2, -0.15) is 0 Å². The van der Waals surface area contributed by atoms with E-state index in [2.05, 4.69) is 55.6 Å². The molecule has 0 unspecified atom stereocenters. The monoisotopic (exact) mass is 420 g/mol. The van der Waals surface area contributed by atoms with Gasteiger partial charge in [-0.05, 0) is 51.4 Å². The average Bonchev–Trinajstić information content (AvgIpc) is 3.01. The zero-order valence-corrected chi connectivity index (χ0v) is 20.0. The van der Waals surface area contributed by atoms with Crippen molar-refractivity contribution in [1.29, 1.82) is 0 Å². The SMILES string of the molecule is CCCCC[C@@H](/C=C/[C@H]1C=CC(=O)[C@@H]1C/C=C\CCCC(=O)OC)O[Si](C)(C)C. The van der Waals surface area contributed by atoms with Gasteiger partial charge in [0.2, 0.25) is 0 Å². The quantitative estimate of drug-likeness (QED) is 0.150. The maximum absolute atomic E-state index is 12.3. The van der Waals surface area contributed by atoms with Gasteiger partial charge in [0.05, 0.1) is 13.2 Å². The number of carbonyl (C=O) groups excluding carboxylic acids is 2. The molecular formula is C24H40O4Si. The van der Waals surface area contributed by atoms with E-state index in [0.29, 0.717) is 6.42 Å². The summed E-state index contributed by atoms with van der Waals surface area (Å²) in [6.07, 6.45) is 19.8. The minimum Gasteiger partial charge on any atom is -0.469 e. The molecular weight excluding hydrogens is 380 g/mol. The number of rotatable bonds is 14. The van der Waals surface area contributed by atoms with Crippen LogP contribution in [-0.4, -0.2) is 33.3 Å². The van der Waals surface area contributed by atoms with E-state index in [1.165, 1.54) is 26.4 Å². The number of hydrogen-bond acceptors (Lipinski definition) is 4. The number of allylic oxidation sites excluding steroid dienone is 5. The molecule has 1 aliphatic rings. The van der Waals surface area contributed by atoms with Crippen molar-refractivity contribution >= 4 is 20.1 Å². The largest absolute Gasteiger partial charge is 0.469 e. The van der Waals surface area contributed by atoms with E-state index in [1.54, 1.807) is 6.08 Å². The number of carbonyl (C=O) groups is 2. The standard InChI is InChI=1S/C24H40O4Si/c1-6-7-10-13-21(28-29(3,4)5)18-16-20-17-19-23(25)22(20)14-11-8-9-12-15-24(26)27-2/h8,11,16-22H,6-7,9-10,12-15H2,1-5H3/b11-8-,18-16+/t20-,21-,22+/m0/s1. The lowest BCUT2D eigenvalue weighted by Crippen LogP contribution is -2.31. The lowest BCUT2D eigenvalue weighted by molar-refractivity contribution is -0.140. The Morgan fingerprint density at radius 3 is 2.62 bits per heavy atom. The molecule has 5 heteroatoms. The van der Waals surface area contributed by atoms with Gasteiger partial charge in [-0.3, -0.25) is 9.59 Å². The van der Waals surface area contributed by atoms with E-state index in [1.807, 2.05) is 6.08 Å². The molecule has 1 aliphatic carbocycles. The first kappa shape index (κ1) is 25.6. The highest BCUT2D eigenvalue weighted by Gasteiger charge is 2.27. The molecule has 0 saturated carbocycles. The van der Waals surface area contributed by atoms with Crippen molar-refractivity contribution in [3.63, 3.8) is 0 Å². The van der Waals surface area contributed by atoms with Crippen molar-refractivity contribution in [2.24, 2.45) is 11.8 Å². The fraction of sp³-hybridized carbons (Fsp3) is 0.667. The highest BCUT2D eigenvalue weighted by molar-refractivity contribution is 6.69. The third-order valence-corrected chi connectivity index (χ3v) is 6.00. The summed E-state index contributed by atoms with van der Waals surface area (Å²) in [5, 5.41) is 0. The van der Waals surface area contributed by atoms with E-state index in [4.69, 9.17) is 4.43 Å². The minimum atomic E-state index is -1.61. The molecule has 0 aromatic rings. The Morgan fingerprint density at radius 1 is 1.21 bits per heavy atom. The number of unbranched alkanes of at least 4 members (excludes halogenated alkanes) is 3. The fourth-order valence-corrected chi connectivity index (χ4v) is 4.55. The van der Waals surface area contributed by atoms with Crippen molar-refractivity contribution in [3.8, 4) is 0 Å². The highest BCUT2D eigenvalue weighted by Crippen LogP contribution is 2.28.